The van der Waals surface area contributed by atoms with Gasteiger partial charge in [-0.3, -0.25) is 0 Å². The van der Waals surface area contributed by atoms with Crippen molar-refractivity contribution in [3.8, 4) is 11.5 Å². The molecule has 0 aliphatic carbocycles. The summed E-state index contributed by atoms with van der Waals surface area (Å²) < 4.78 is 11.8. The molecule has 7 heteroatoms. The molecule has 2 N–H and O–H groups in total. The first-order chi connectivity index (χ1) is 14.2. The van der Waals surface area contributed by atoms with Crippen LogP contribution in [-0.4, -0.2) is 56.3 Å². The molecule has 2 aliphatic heterocycles. The Kier molecular flexibility index (Phi) is 11.1. The van der Waals surface area contributed by atoms with Crippen molar-refractivity contribution >= 4 is 29.9 Å². The van der Waals surface area contributed by atoms with Crippen molar-refractivity contribution in [1.29, 1.82) is 0 Å². The van der Waals surface area contributed by atoms with Crippen molar-refractivity contribution in [2.24, 2.45) is 4.99 Å². The summed E-state index contributed by atoms with van der Waals surface area (Å²) >= 11 is 0. The number of rotatable bonds is 10. The molecule has 1 atom stereocenters. The Morgan fingerprint density at radius 3 is 2.73 bits per heavy atom. The zero-order valence-corrected chi connectivity index (χ0v) is 21.2. The first-order valence-electron chi connectivity index (χ1n) is 11.4. The van der Waals surface area contributed by atoms with Gasteiger partial charge in [0, 0.05) is 30.6 Å². The number of hydrogen-bond donors (Lipinski definition) is 2. The van der Waals surface area contributed by atoms with Gasteiger partial charge < -0.3 is 25.0 Å². The highest BCUT2D eigenvalue weighted by Crippen LogP contribution is 2.35. The Balaban J connectivity index is 0.00000320. The third-order valence-electron chi connectivity index (χ3n) is 5.52. The lowest BCUT2D eigenvalue weighted by atomic mass is 10.1. The van der Waals surface area contributed by atoms with Gasteiger partial charge in [-0.2, -0.15) is 0 Å². The summed E-state index contributed by atoms with van der Waals surface area (Å²) in [5.41, 5.74) is 2.31. The van der Waals surface area contributed by atoms with Crippen molar-refractivity contribution in [2.75, 3.05) is 39.3 Å². The molecule has 0 radical (unpaired) electrons. The van der Waals surface area contributed by atoms with E-state index in [0.717, 1.165) is 49.0 Å². The first-order valence-corrected chi connectivity index (χ1v) is 11.4. The minimum atomic E-state index is 0. The summed E-state index contributed by atoms with van der Waals surface area (Å²) in [6, 6.07) is 4.23. The number of unbranched alkanes of at least 4 members (excludes halogenated alkanes) is 1. The number of likely N-dealkylation sites (tertiary alicyclic amines) is 1. The fourth-order valence-corrected chi connectivity index (χ4v) is 4.07. The third-order valence-corrected chi connectivity index (χ3v) is 5.52. The summed E-state index contributed by atoms with van der Waals surface area (Å²) in [4.78, 5) is 7.37. The lowest BCUT2D eigenvalue weighted by Gasteiger charge is -2.15. The number of nitrogens with zero attached hydrogens (tertiary/aromatic N) is 2. The summed E-state index contributed by atoms with van der Waals surface area (Å²) in [5.74, 6) is 2.77. The first kappa shape index (κ1) is 25.0. The van der Waals surface area contributed by atoms with Crippen LogP contribution in [0.2, 0.25) is 0 Å². The van der Waals surface area contributed by atoms with Crippen LogP contribution in [0.15, 0.2) is 17.1 Å². The molecule has 1 fully saturated rings. The topological polar surface area (TPSA) is 58.1 Å². The molecule has 0 amide bonds. The fourth-order valence-electron chi connectivity index (χ4n) is 4.07. The molecular weight excluding hydrogens is 491 g/mol. The zero-order valence-electron chi connectivity index (χ0n) is 18.8. The Bertz CT molecular complexity index is 677. The van der Waals surface area contributed by atoms with Crippen LogP contribution in [0.4, 0.5) is 0 Å². The molecule has 30 heavy (non-hydrogen) atoms. The summed E-state index contributed by atoms with van der Waals surface area (Å²) in [6.45, 7) is 13.0. The van der Waals surface area contributed by atoms with Gasteiger partial charge >= 0.3 is 0 Å². The van der Waals surface area contributed by atoms with E-state index < -0.39 is 0 Å². The van der Waals surface area contributed by atoms with Crippen LogP contribution >= 0.6 is 24.0 Å². The molecule has 6 nitrogen and oxygen atoms in total. The summed E-state index contributed by atoms with van der Waals surface area (Å²) in [5, 5.41) is 6.83. The van der Waals surface area contributed by atoms with E-state index in [1.165, 1.54) is 44.5 Å². The van der Waals surface area contributed by atoms with Gasteiger partial charge in [0.2, 0.25) is 0 Å². The second-order valence-electron chi connectivity index (χ2n) is 8.01. The summed E-state index contributed by atoms with van der Waals surface area (Å²) in [6.07, 6.45) is 6.31. The maximum absolute atomic E-state index is 5.93. The SMILES string of the molecule is CCNC(=NCc1cc2c(cc1OCC)CC(C)O2)NCCCCN1CCCC1.I. The van der Waals surface area contributed by atoms with Gasteiger partial charge in [-0.05, 0) is 78.2 Å². The normalized spacial score (nSPS) is 18.5. The second-order valence-corrected chi connectivity index (χ2v) is 8.01. The standard InChI is InChI=1S/C23H38N4O2.HI/c1-4-24-23(25-10-6-7-11-27-12-8-9-13-27)26-17-20-16-22-19(14-18(3)29-22)15-21(20)28-5-2;/h15-16,18H,4-14,17H2,1-3H3,(H2,24,25,26);1H. The van der Waals surface area contributed by atoms with Crippen LogP contribution in [0, 0.1) is 0 Å². The smallest absolute Gasteiger partial charge is 0.191 e. The largest absolute Gasteiger partial charge is 0.494 e. The van der Waals surface area contributed by atoms with E-state index in [4.69, 9.17) is 14.5 Å². The molecule has 0 bridgehead atoms. The monoisotopic (exact) mass is 530 g/mol. The van der Waals surface area contributed by atoms with Gasteiger partial charge in [0.1, 0.15) is 17.6 Å². The van der Waals surface area contributed by atoms with Crippen molar-refractivity contribution in [1.82, 2.24) is 15.5 Å². The number of benzene rings is 1. The highest BCUT2D eigenvalue weighted by molar-refractivity contribution is 14.0. The van der Waals surface area contributed by atoms with E-state index in [0.29, 0.717) is 13.2 Å². The van der Waals surface area contributed by atoms with E-state index in [1.54, 1.807) is 0 Å². The van der Waals surface area contributed by atoms with E-state index in [9.17, 15) is 0 Å². The van der Waals surface area contributed by atoms with Gasteiger partial charge in [-0.15, -0.1) is 24.0 Å². The number of fused-ring (bicyclic) bond motifs is 1. The Hall–Kier alpha value is -1.22. The number of aliphatic imine (C=N–C) groups is 1. The Morgan fingerprint density at radius 1 is 1.20 bits per heavy atom. The van der Waals surface area contributed by atoms with Crippen LogP contribution in [0.1, 0.15) is 57.6 Å². The van der Waals surface area contributed by atoms with Crippen LogP contribution in [0.25, 0.3) is 0 Å². The third kappa shape index (κ3) is 7.48. The molecular formula is C23H39IN4O2. The molecule has 1 aromatic rings. The van der Waals surface area contributed by atoms with E-state index in [2.05, 4.69) is 41.5 Å². The number of nitrogens with one attached hydrogen (secondary N) is 2. The quantitative estimate of drug-likeness (QED) is 0.208. The molecule has 1 saturated heterocycles. The lowest BCUT2D eigenvalue weighted by Crippen LogP contribution is -2.38. The van der Waals surface area contributed by atoms with Gasteiger partial charge in [0.15, 0.2) is 5.96 Å². The Morgan fingerprint density at radius 2 is 2.00 bits per heavy atom. The second kappa shape index (κ2) is 13.2. The lowest BCUT2D eigenvalue weighted by molar-refractivity contribution is 0.254. The highest BCUT2D eigenvalue weighted by Gasteiger charge is 2.21. The average Bonchev–Trinajstić information content (AvgIpc) is 3.34. The predicted molar refractivity (Wildman–Crippen MR) is 135 cm³/mol. The molecule has 0 aromatic heterocycles. The number of halogens is 1. The van der Waals surface area contributed by atoms with Crippen LogP contribution in [0.3, 0.4) is 0 Å². The van der Waals surface area contributed by atoms with Gasteiger partial charge in [-0.1, -0.05) is 0 Å². The molecule has 0 spiro atoms. The molecule has 1 unspecified atom stereocenters. The molecule has 0 saturated carbocycles. The molecule has 2 heterocycles. The van der Waals surface area contributed by atoms with Crippen molar-refractivity contribution in [3.63, 3.8) is 0 Å². The van der Waals surface area contributed by atoms with Crippen molar-refractivity contribution in [3.05, 3.63) is 23.3 Å². The number of hydrogen-bond acceptors (Lipinski definition) is 4. The zero-order chi connectivity index (χ0) is 20.5. The van der Waals surface area contributed by atoms with E-state index in [-0.39, 0.29) is 30.1 Å². The Labute approximate surface area is 199 Å². The molecule has 1 aromatic carbocycles. The van der Waals surface area contributed by atoms with E-state index >= 15 is 0 Å². The summed E-state index contributed by atoms with van der Waals surface area (Å²) in [7, 11) is 0. The maximum Gasteiger partial charge on any atom is 0.191 e. The highest BCUT2D eigenvalue weighted by atomic mass is 127. The van der Waals surface area contributed by atoms with Crippen LogP contribution in [0.5, 0.6) is 11.5 Å². The molecule has 170 valence electrons. The van der Waals surface area contributed by atoms with Crippen molar-refractivity contribution in [2.45, 2.75) is 65.5 Å². The molecule has 3 rings (SSSR count). The molecule has 2 aliphatic rings. The minimum absolute atomic E-state index is 0. The van der Waals surface area contributed by atoms with Crippen molar-refractivity contribution < 1.29 is 9.47 Å². The van der Waals surface area contributed by atoms with E-state index in [1.807, 2.05) is 6.92 Å². The average molecular weight is 530 g/mol. The van der Waals surface area contributed by atoms with Crippen LogP contribution in [-0.2, 0) is 13.0 Å². The van der Waals surface area contributed by atoms with Gasteiger partial charge in [0.25, 0.3) is 0 Å². The minimum Gasteiger partial charge on any atom is -0.494 e. The van der Waals surface area contributed by atoms with Gasteiger partial charge in [-0.25, -0.2) is 4.99 Å². The maximum atomic E-state index is 5.93. The van der Waals surface area contributed by atoms with Crippen LogP contribution < -0.4 is 20.1 Å². The predicted octanol–water partition coefficient (Wildman–Crippen LogP) is 3.96. The number of ether oxygens (including phenoxy) is 2. The van der Waals surface area contributed by atoms with Gasteiger partial charge in [0.05, 0.1) is 13.2 Å². The number of guanidine groups is 1. The fraction of sp³-hybridized carbons (Fsp3) is 0.696.